The van der Waals surface area contributed by atoms with Crippen molar-refractivity contribution in [1.82, 2.24) is 10.6 Å². The Morgan fingerprint density at radius 3 is 1.86 bits per heavy atom. The summed E-state index contributed by atoms with van der Waals surface area (Å²) in [5, 5.41) is 6.65. The van der Waals surface area contributed by atoms with Crippen molar-refractivity contribution in [3.8, 4) is 0 Å². The van der Waals surface area contributed by atoms with Crippen molar-refractivity contribution < 1.29 is 4.79 Å². The number of hydrogen-bond acceptors (Lipinski definition) is 2. The van der Waals surface area contributed by atoms with Gasteiger partial charge < -0.3 is 10.6 Å². The molecule has 4 rings (SSSR count). The van der Waals surface area contributed by atoms with E-state index in [9.17, 15) is 4.79 Å². The Balaban J connectivity index is 1.62. The van der Waals surface area contributed by atoms with E-state index in [1.54, 1.807) is 0 Å². The molecule has 120 valence electrons. The molecule has 21 heavy (non-hydrogen) atoms. The van der Waals surface area contributed by atoms with E-state index in [1.807, 2.05) is 20.8 Å². The highest BCUT2D eigenvalue weighted by molar-refractivity contribution is 5.81. The van der Waals surface area contributed by atoms with Crippen molar-refractivity contribution in [3.05, 3.63) is 0 Å². The molecule has 3 heteroatoms. The van der Waals surface area contributed by atoms with E-state index in [2.05, 4.69) is 17.6 Å². The molecule has 0 aromatic heterocycles. The smallest absolute Gasteiger partial charge is 0.237 e. The molecule has 2 N–H and O–H groups in total. The Labute approximate surface area is 129 Å². The summed E-state index contributed by atoms with van der Waals surface area (Å²) in [5.41, 5.74) is 0.473. The molecule has 0 radical (unpaired) electrons. The molecule has 0 heterocycles. The van der Waals surface area contributed by atoms with Crippen LogP contribution in [0.15, 0.2) is 0 Å². The SMILES string of the molecule is CC(C)NC(=O)[C@H](C)N[C@@H](C)C12CC3CC(CC(C3)C1)C2. The van der Waals surface area contributed by atoms with Crippen molar-refractivity contribution in [2.45, 2.75) is 84.3 Å². The zero-order valence-corrected chi connectivity index (χ0v) is 14.1. The molecule has 0 aromatic rings. The fourth-order valence-corrected chi connectivity index (χ4v) is 5.74. The standard InChI is InChI=1S/C18H32N2O/c1-11(2)19-17(21)12(3)20-13(4)18-8-14-5-15(9-18)7-16(6-14)10-18/h11-16,20H,5-10H2,1-4H3,(H,19,21)/t12-,13-,14?,15?,16?,18?/m0/s1. The summed E-state index contributed by atoms with van der Waals surface area (Å²) >= 11 is 0. The maximum absolute atomic E-state index is 12.1. The first kappa shape index (κ1) is 15.3. The average molecular weight is 292 g/mol. The second kappa shape index (κ2) is 5.57. The second-order valence-electron chi connectivity index (χ2n) is 8.55. The van der Waals surface area contributed by atoms with Gasteiger partial charge in [-0.3, -0.25) is 4.79 Å². The highest BCUT2D eigenvalue weighted by Gasteiger charge is 2.53. The minimum absolute atomic E-state index is 0.0876. The zero-order chi connectivity index (χ0) is 15.2. The molecular weight excluding hydrogens is 260 g/mol. The Kier molecular flexibility index (Phi) is 4.06. The third-order valence-corrected chi connectivity index (χ3v) is 6.33. The van der Waals surface area contributed by atoms with Gasteiger partial charge in [0.15, 0.2) is 0 Å². The summed E-state index contributed by atoms with van der Waals surface area (Å²) in [7, 11) is 0. The molecule has 4 bridgehead atoms. The average Bonchev–Trinajstić information content (AvgIpc) is 2.35. The van der Waals surface area contributed by atoms with Gasteiger partial charge in [0.05, 0.1) is 6.04 Å². The van der Waals surface area contributed by atoms with Gasteiger partial charge >= 0.3 is 0 Å². The van der Waals surface area contributed by atoms with E-state index in [0.29, 0.717) is 11.5 Å². The van der Waals surface area contributed by atoms with Gasteiger partial charge in [0.1, 0.15) is 0 Å². The van der Waals surface area contributed by atoms with Crippen molar-refractivity contribution >= 4 is 5.91 Å². The van der Waals surface area contributed by atoms with Crippen LogP contribution in [0.5, 0.6) is 0 Å². The molecule has 0 spiro atoms. The molecule has 0 aliphatic heterocycles. The first-order chi connectivity index (χ1) is 9.88. The van der Waals surface area contributed by atoms with Crippen molar-refractivity contribution in [1.29, 1.82) is 0 Å². The number of hydrogen-bond donors (Lipinski definition) is 2. The van der Waals surface area contributed by atoms with Crippen LogP contribution in [0.1, 0.15) is 66.2 Å². The van der Waals surface area contributed by atoms with Crippen LogP contribution < -0.4 is 10.6 Å². The fourth-order valence-electron chi connectivity index (χ4n) is 5.74. The van der Waals surface area contributed by atoms with Gasteiger partial charge in [-0.25, -0.2) is 0 Å². The summed E-state index contributed by atoms with van der Waals surface area (Å²) in [5.74, 6) is 3.06. The van der Waals surface area contributed by atoms with Gasteiger partial charge in [0.2, 0.25) is 5.91 Å². The molecule has 0 unspecified atom stereocenters. The topological polar surface area (TPSA) is 41.1 Å². The zero-order valence-electron chi connectivity index (χ0n) is 14.1. The number of carbonyl (C=O) groups is 1. The van der Waals surface area contributed by atoms with Crippen LogP contribution >= 0.6 is 0 Å². The third-order valence-electron chi connectivity index (χ3n) is 6.33. The van der Waals surface area contributed by atoms with Crippen molar-refractivity contribution in [2.75, 3.05) is 0 Å². The molecule has 4 saturated carbocycles. The van der Waals surface area contributed by atoms with E-state index in [1.165, 1.54) is 38.5 Å². The number of amides is 1. The van der Waals surface area contributed by atoms with Gasteiger partial charge in [0.25, 0.3) is 0 Å². The largest absolute Gasteiger partial charge is 0.353 e. The van der Waals surface area contributed by atoms with Crippen molar-refractivity contribution in [3.63, 3.8) is 0 Å². The van der Waals surface area contributed by atoms with E-state index >= 15 is 0 Å². The monoisotopic (exact) mass is 292 g/mol. The first-order valence-electron chi connectivity index (χ1n) is 8.94. The molecule has 2 atom stereocenters. The minimum atomic E-state index is -0.0876. The number of nitrogens with one attached hydrogen (secondary N) is 2. The Morgan fingerprint density at radius 2 is 1.43 bits per heavy atom. The summed E-state index contributed by atoms with van der Waals surface area (Å²) in [6.45, 7) is 8.38. The minimum Gasteiger partial charge on any atom is -0.353 e. The van der Waals surface area contributed by atoms with Crippen LogP contribution in [0, 0.1) is 23.2 Å². The first-order valence-corrected chi connectivity index (χ1v) is 8.94. The van der Waals surface area contributed by atoms with E-state index < -0.39 is 0 Å². The third kappa shape index (κ3) is 2.99. The van der Waals surface area contributed by atoms with Gasteiger partial charge in [-0.1, -0.05) is 0 Å². The van der Waals surface area contributed by atoms with Crippen LogP contribution in [0.4, 0.5) is 0 Å². The number of rotatable bonds is 5. The summed E-state index contributed by atoms with van der Waals surface area (Å²) in [6, 6.07) is 0.589. The van der Waals surface area contributed by atoms with E-state index in [-0.39, 0.29) is 18.0 Å². The van der Waals surface area contributed by atoms with Gasteiger partial charge in [-0.2, -0.15) is 0 Å². The summed E-state index contributed by atoms with van der Waals surface area (Å²) < 4.78 is 0. The Morgan fingerprint density at radius 1 is 0.952 bits per heavy atom. The molecular formula is C18H32N2O. The van der Waals surface area contributed by atoms with Crippen molar-refractivity contribution in [2.24, 2.45) is 23.2 Å². The highest BCUT2D eigenvalue weighted by Crippen LogP contribution is 2.61. The van der Waals surface area contributed by atoms with E-state index in [0.717, 1.165) is 17.8 Å². The lowest BCUT2D eigenvalue weighted by Crippen LogP contribution is -2.58. The van der Waals surface area contributed by atoms with Crippen LogP contribution in [0.2, 0.25) is 0 Å². The maximum Gasteiger partial charge on any atom is 0.237 e. The quantitative estimate of drug-likeness (QED) is 0.817. The number of carbonyl (C=O) groups excluding carboxylic acids is 1. The molecule has 3 nitrogen and oxygen atoms in total. The van der Waals surface area contributed by atoms with E-state index in [4.69, 9.17) is 0 Å². The van der Waals surface area contributed by atoms with Gasteiger partial charge in [0, 0.05) is 12.1 Å². The van der Waals surface area contributed by atoms with Gasteiger partial charge in [-0.15, -0.1) is 0 Å². The van der Waals surface area contributed by atoms with Gasteiger partial charge in [-0.05, 0) is 89.4 Å². The molecule has 4 fully saturated rings. The molecule has 1 amide bonds. The van der Waals surface area contributed by atoms with Crippen LogP contribution in [-0.2, 0) is 4.79 Å². The summed E-state index contributed by atoms with van der Waals surface area (Å²) in [6.07, 6.45) is 8.63. The Hall–Kier alpha value is -0.570. The maximum atomic E-state index is 12.1. The fraction of sp³-hybridized carbons (Fsp3) is 0.944. The van der Waals surface area contributed by atoms with Crippen LogP contribution in [-0.4, -0.2) is 24.0 Å². The molecule has 0 saturated heterocycles. The molecule has 0 aromatic carbocycles. The lowest BCUT2D eigenvalue weighted by Gasteiger charge is -2.59. The van der Waals surface area contributed by atoms with Crippen LogP contribution in [0.25, 0.3) is 0 Å². The molecule has 4 aliphatic carbocycles. The lowest BCUT2D eigenvalue weighted by molar-refractivity contribution is -0.124. The highest BCUT2D eigenvalue weighted by atomic mass is 16.2. The predicted octanol–water partition coefficient (Wildman–Crippen LogP) is 3.09. The summed E-state index contributed by atoms with van der Waals surface area (Å²) in [4.78, 5) is 12.1. The second-order valence-corrected chi connectivity index (χ2v) is 8.55. The lowest BCUT2D eigenvalue weighted by atomic mass is 9.48. The van der Waals surface area contributed by atoms with Crippen LogP contribution in [0.3, 0.4) is 0 Å². The molecule has 4 aliphatic rings. The normalized spacial score (nSPS) is 40.3. The Bertz CT molecular complexity index is 369. The predicted molar refractivity (Wildman–Crippen MR) is 85.9 cm³/mol.